The number of nitrogen functional groups attached to an aromatic ring is 1. The molecule has 0 bridgehead atoms. The third-order valence-corrected chi connectivity index (χ3v) is 4.75. The molecule has 1 aliphatic rings. The molecule has 0 saturated carbocycles. The van der Waals surface area contributed by atoms with Crippen molar-refractivity contribution in [3.8, 4) is 0 Å². The average molecular weight is 247 g/mol. The highest BCUT2D eigenvalue weighted by molar-refractivity contribution is 8.00. The van der Waals surface area contributed by atoms with Crippen molar-refractivity contribution in [1.82, 2.24) is 9.55 Å². The zero-order valence-corrected chi connectivity index (χ0v) is 10.8. The lowest BCUT2D eigenvalue weighted by atomic mass is 10.2. The van der Waals surface area contributed by atoms with Crippen LogP contribution in [0.25, 0.3) is 11.0 Å². The zero-order chi connectivity index (χ0) is 11.8. The van der Waals surface area contributed by atoms with E-state index in [0.717, 1.165) is 28.8 Å². The molecule has 0 aliphatic carbocycles. The number of nitrogens with zero attached hydrogens (tertiary/aromatic N) is 2. The molecular formula is C13H17N3S. The Bertz CT molecular complexity index is 541. The number of imidazole rings is 1. The van der Waals surface area contributed by atoms with Crippen LogP contribution < -0.4 is 5.73 Å². The van der Waals surface area contributed by atoms with Gasteiger partial charge in [-0.2, -0.15) is 11.8 Å². The van der Waals surface area contributed by atoms with Crippen LogP contribution in [0.1, 0.15) is 18.7 Å². The summed E-state index contributed by atoms with van der Waals surface area (Å²) in [6, 6.07) is 6.01. The first-order valence-electron chi connectivity index (χ1n) is 6.08. The first kappa shape index (κ1) is 11.0. The molecule has 0 spiro atoms. The quantitative estimate of drug-likeness (QED) is 0.830. The van der Waals surface area contributed by atoms with E-state index < -0.39 is 0 Å². The predicted molar refractivity (Wildman–Crippen MR) is 74.4 cm³/mol. The van der Waals surface area contributed by atoms with E-state index in [2.05, 4.69) is 34.3 Å². The molecule has 90 valence electrons. The topological polar surface area (TPSA) is 43.8 Å². The second-order valence-electron chi connectivity index (χ2n) is 4.65. The Kier molecular flexibility index (Phi) is 2.74. The van der Waals surface area contributed by atoms with Gasteiger partial charge in [-0.1, -0.05) is 0 Å². The number of fused-ring (bicyclic) bond motifs is 1. The molecule has 1 aromatic carbocycles. The lowest BCUT2D eigenvalue weighted by molar-refractivity contribution is 0.637. The predicted octanol–water partition coefficient (Wildman–Crippen LogP) is 2.82. The minimum Gasteiger partial charge on any atom is -0.399 e. The molecule has 2 aromatic rings. The number of thioether (sulfide) groups is 1. The molecule has 2 N–H and O–H groups in total. The van der Waals surface area contributed by atoms with E-state index in [9.17, 15) is 0 Å². The van der Waals surface area contributed by atoms with Gasteiger partial charge in [0.05, 0.1) is 11.0 Å². The summed E-state index contributed by atoms with van der Waals surface area (Å²) in [6.45, 7) is 3.16. The van der Waals surface area contributed by atoms with Crippen LogP contribution in [0.5, 0.6) is 0 Å². The smallest absolute Gasteiger partial charge is 0.106 e. The molecule has 3 rings (SSSR count). The van der Waals surface area contributed by atoms with E-state index in [-0.39, 0.29) is 0 Å². The standard InChI is InChI=1S/C13H17N3S/c1-9-15-12-7-10(14)4-5-13(12)16(9)8-11-3-2-6-17-11/h4-5,7,11H,2-3,6,8,14H2,1H3. The van der Waals surface area contributed by atoms with Crippen LogP contribution in [0.15, 0.2) is 18.2 Å². The molecule has 1 aromatic heterocycles. The summed E-state index contributed by atoms with van der Waals surface area (Å²) in [6.07, 6.45) is 2.69. The molecule has 1 atom stereocenters. The zero-order valence-electron chi connectivity index (χ0n) is 10.0. The van der Waals surface area contributed by atoms with Gasteiger partial charge in [-0.3, -0.25) is 0 Å². The van der Waals surface area contributed by atoms with E-state index in [1.807, 2.05) is 12.1 Å². The number of hydrogen-bond acceptors (Lipinski definition) is 3. The number of aromatic nitrogens is 2. The van der Waals surface area contributed by atoms with Gasteiger partial charge in [0.2, 0.25) is 0 Å². The van der Waals surface area contributed by atoms with Crippen molar-refractivity contribution in [1.29, 1.82) is 0 Å². The second kappa shape index (κ2) is 4.26. The van der Waals surface area contributed by atoms with E-state index in [4.69, 9.17) is 5.73 Å². The normalized spacial score (nSPS) is 20.2. The highest BCUT2D eigenvalue weighted by Crippen LogP contribution is 2.29. The monoisotopic (exact) mass is 247 g/mol. The minimum absolute atomic E-state index is 0.753. The van der Waals surface area contributed by atoms with Gasteiger partial charge in [0.15, 0.2) is 0 Å². The molecular weight excluding hydrogens is 230 g/mol. The Balaban J connectivity index is 1.99. The van der Waals surface area contributed by atoms with E-state index >= 15 is 0 Å². The third-order valence-electron chi connectivity index (χ3n) is 3.37. The van der Waals surface area contributed by atoms with Crippen LogP contribution in [-0.2, 0) is 6.54 Å². The van der Waals surface area contributed by atoms with Crippen LogP contribution in [0.2, 0.25) is 0 Å². The Hall–Kier alpha value is -1.16. The highest BCUT2D eigenvalue weighted by atomic mass is 32.2. The maximum Gasteiger partial charge on any atom is 0.106 e. The fourth-order valence-corrected chi connectivity index (χ4v) is 3.74. The van der Waals surface area contributed by atoms with Gasteiger partial charge in [0, 0.05) is 17.5 Å². The summed E-state index contributed by atoms with van der Waals surface area (Å²) in [7, 11) is 0. The number of benzene rings is 1. The van der Waals surface area contributed by atoms with Crippen LogP contribution in [0, 0.1) is 6.92 Å². The number of anilines is 1. The van der Waals surface area contributed by atoms with Crippen molar-refractivity contribution in [3.05, 3.63) is 24.0 Å². The Morgan fingerprint density at radius 1 is 1.53 bits per heavy atom. The summed E-state index contributed by atoms with van der Waals surface area (Å²) in [5, 5.41) is 0.753. The maximum absolute atomic E-state index is 5.79. The summed E-state index contributed by atoms with van der Waals surface area (Å²) in [5.41, 5.74) is 8.81. The Morgan fingerprint density at radius 3 is 3.18 bits per heavy atom. The van der Waals surface area contributed by atoms with Gasteiger partial charge in [0.25, 0.3) is 0 Å². The number of rotatable bonds is 2. The molecule has 0 amide bonds. The average Bonchev–Trinajstić information content (AvgIpc) is 2.88. The molecule has 4 heteroatoms. The van der Waals surface area contributed by atoms with E-state index in [1.165, 1.54) is 24.1 Å². The van der Waals surface area contributed by atoms with Gasteiger partial charge in [-0.25, -0.2) is 4.98 Å². The van der Waals surface area contributed by atoms with Gasteiger partial charge in [-0.05, 0) is 43.7 Å². The molecule has 17 heavy (non-hydrogen) atoms. The molecule has 2 heterocycles. The van der Waals surface area contributed by atoms with Crippen molar-refractivity contribution in [2.45, 2.75) is 31.6 Å². The lowest BCUT2D eigenvalue weighted by Crippen LogP contribution is -2.11. The second-order valence-corrected chi connectivity index (χ2v) is 6.06. The SMILES string of the molecule is Cc1nc2cc(N)ccc2n1CC1CCCS1. The summed E-state index contributed by atoms with van der Waals surface area (Å²) >= 11 is 2.09. The van der Waals surface area contributed by atoms with Gasteiger partial charge in [-0.15, -0.1) is 0 Å². The fraction of sp³-hybridized carbons (Fsp3) is 0.462. The van der Waals surface area contributed by atoms with Gasteiger partial charge >= 0.3 is 0 Å². The third kappa shape index (κ3) is 2.02. The van der Waals surface area contributed by atoms with E-state index in [0.29, 0.717) is 0 Å². The van der Waals surface area contributed by atoms with Gasteiger partial charge < -0.3 is 10.3 Å². The molecule has 0 radical (unpaired) electrons. The highest BCUT2D eigenvalue weighted by Gasteiger charge is 2.18. The Labute approximate surface area is 105 Å². The van der Waals surface area contributed by atoms with Crippen molar-refractivity contribution < 1.29 is 0 Å². The van der Waals surface area contributed by atoms with Crippen LogP contribution in [-0.4, -0.2) is 20.6 Å². The molecule has 1 unspecified atom stereocenters. The van der Waals surface area contributed by atoms with Crippen molar-refractivity contribution in [2.75, 3.05) is 11.5 Å². The molecule has 3 nitrogen and oxygen atoms in total. The minimum atomic E-state index is 0.753. The van der Waals surface area contributed by atoms with Crippen LogP contribution >= 0.6 is 11.8 Å². The summed E-state index contributed by atoms with van der Waals surface area (Å²) < 4.78 is 2.33. The summed E-state index contributed by atoms with van der Waals surface area (Å²) in [4.78, 5) is 4.59. The summed E-state index contributed by atoms with van der Waals surface area (Å²) in [5.74, 6) is 2.40. The largest absolute Gasteiger partial charge is 0.399 e. The van der Waals surface area contributed by atoms with Crippen molar-refractivity contribution in [2.24, 2.45) is 0 Å². The van der Waals surface area contributed by atoms with Gasteiger partial charge in [0.1, 0.15) is 5.82 Å². The number of nitrogens with two attached hydrogens (primary N) is 1. The fourth-order valence-electron chi connectivity index (χ4n) is 2.49. The van der Waals surface area contributed by atoms with Crippen molar-refractivity contribution in [3.63, 3.8) is 0 Å². The van der Waals surface area contributed by atoms with E-state index in [1.54, 1.807) is 0 Å². The number of aryl methyl sites for hydroxylation is 1. The lowest BCUT2D eigenvalue weighted by Gasteiger charge is -2.12. The molecule has 1 aliphatic heterocycles. The van der Waals surface area contributed by atoms with Crippen LogP contribution in [0.4, 0.5) is 5.69 Å². The molecule has 1 fully saturated rings. The number of hydrogen-bond donors (Lipinski definition) is 1. The first-order valence-corrected chi connectivity index (χ1v) is 7.13. The molecule has 1 saturated heterocycles. The Morgan fingerprint density at radius 2 is 2.41 bits per heavy atom. The first-order chi connectivity index (χ1) is 8.24. The maximum atomic E-state index is 5.79. The van der Waals surface area contributed by atoms with Crippen LogP contribution in [0.3, 0.4) is 0 Å². The van der Waals surface area contributed by atoms with Crippen molar-refractivity contribution >= 4 is 28.5 Å².